The van der Waals surface area contributed by atoms with E-state index in [0.29, 0.717) is 13.0 Å². The molecule has 1 aliphatic heterocycles. The number of methoxy groups -OCH3 is 1. The molecule has 1 aromatic rings. The second-order valence-corrected chi connectivity index (χ2v) is 5.23. The Morgan fingerprint density at radius 1 is 1.24 bits per heavy atom. The van der Waals surface area contributed by atoms with Gasteiger partial charge in [-0.25, -0.2) is 4.79 Å². The van der Waals surface area contributed by atoms with Crippen molar-refractivity contribution in [2.45, 2.75) is 38.6 Å². The third-order valence-corrected chi connectivity index (χ3v) is 3.67. The molecule has 1 aliphatic rings. The summed E-state index contributed by atoms with van der Waals surface area (Å²) in [6.45, 7) is 2.46. The van der Waals surface area contributed by atoms with Crippen molar-refractivity contribution in [1.82, 2.24) is 10.2 Å². The van der Waals surface area contributed by atoms with Crippen molar-refractivity contribution < 1.29 is 14.3 Å². The maximum Gasteiger partial charge on any atom is 0.324 e. The van der Waals surface area contributed by atoms with E-state index < -0.39 is 0 Å². The molecule has 5 nitrogen and oxygen atoms in total. The van der Waals surface area contributed by atoms with E-state index in [1.165, 1.54) is 10.5 Å². The van der Waals surface area contributed by atoms with Gasteiger partial charge in [0.25, 0.3) is 5.91 Å². The van der Waals surface area contributed by atoms with Crippen LogP contribution in [0.3, 0.4) is 0 Å². The van der Waals surface area contributed by atoms with E-state index in [1.54, 1.807) is 7.11 Å². The van der Waals surface area contributed by atoms with Crippen LogP contribution in [0.25, 0.3) is 0 Å². The van der Waals surface area contributed by atoms with Gasteiger partial charge in [0.05, 0.1) is 7.11 Å². The number of hydrogen-bond acceptors (Lipinski definition) is 3. The topological polar surface area (TPSA) is 58.6 Å². The third kappa shape index (κ3) is 3.74. The molecule has 1 saturated heterocycles. The van der Waals surface area contributed by atoms with Crippen molar-refractivity contribution in [3.05, 3.63) is 29.8 Å². The van der Waals surface area contributed by atoms with Crippen LogP contribution in [0.5, 0.6) is 5.75 Å². The van der Waals surface area contributed by atoms with Crippen LogP contribution in [0.2, 0.25) is 0 Å². The zero-order chi connectivity index (χ0) is 15.2. The molecule has 21 heavy (non-hydrogen) atoms. The van der Waals surface area contributed by atoms with Gasteiger partial charge in [-0.05, 0) is 43.4 Å². The van der Waals surface area contributed by atoms with Gasteiger partial charge in [0.1, 0.15) is 11.8 Å². The minimum Gasteiger partial charge on any atom is -0.497 e. The van der Waals surface area contributed by atoms with Crippen LogP contribution in [-0.4, -0.2) is 36.5 Å². The van der Waals surface area contributed by atoms with E-state index in [9.17, 15) is 9.59 Å². The van der Waals surface area contributed by atoms with Gasteiger partial charge in [0, 0.05) is 6.54 Å². The highest BCUT2D eigenvalue weighted by Crippen LogP contribution is 2.16. The number of carbonyl (C=O) groups is 2. The van der Waals surface area contributed by atoms with Crippen LogP contribution in [-0.2, 0) is 11.2 Å². The van der Waals surface area contributed by atoms with Gasteiger partial charge in [-0.15, -0.1) is 0 Å². The highest BCUT2D eigenvalue weighted by molar-refractivity contribution is 6.04. The first-order valence-corrected chi connectivity index (χ1v) is 7.40. The van der Waals surface area contributed by atoms with Gasteiger partial charge in [0.15, 0.2) is 0 Å². The Balaban J connectivity index is 1.80. The van der Waals surface area contributed by atoms with Crippen molar-refractivity contribution >= 4 is 11.9 Å². The monoisotopic (exact) mass is 290 g/mol. The standard InChI is InChI=1S/C16H22N2O3/c1-3-11-18-15(19)14(17-16(18)20)6-4-5-12-7-9-13(21-2)10-8-12/h7-10,14H,3-6,11H2,1-2H3,(H,17,20). The molecule has 1 atom stereocenters. The maximum absolute atomic E-state index is 12.1. The minimum atomic E-state index is -0.359. The fourth-order valence-corrected chi connectivity index (χ4v) is 2.51. The van der Waals surface area contributed by atoms with Crippen LogP contribution in [0.1, 0.15) is 31.7 Å². The summed E-state index contributed by atoms with van der Waals surface area (Å²) in [5, 5.41) is 2.76. The lowest BCUT2D eigenvalue weighted by Gasteiger charge is -2.11. The number of ether oxygens (including phenoxy) is 1. The molecule has 3 amide bonds. The molecular weight excluding hydrogens is 268 g/mol. The van der Waals surface area contributed by atoms with E-state index in [2.05, 4.69) is 5.32 Å². The Morgan fingerprint density at radius 3 is 2.57 bits per heavy atom. The van der Waals surface area contributed by atoms with E-state index in [-0.39, 0.29) is 18.0 Å². The number of hydrogen-bond donors (Lipinski definition) is 1. The summed E-state index contributed by atoms with van der Waals surface area (Å²) in [5.41, 5.74) is 1.21. The Bertz CT molecular complexity index is 499. The number of aryl methyl sites for hydroxylation is 1. The van der Waals surface area contributed by atoms with E-state index in [1.807, 2.05) is 31.2 Å². The van der Waals surface area contributed by atoms with Gasteiger partial charge in [0.2, 0.25) is 0 Å². The van der Waals surface area contributed by atoms with Gasteiger partial charge in [-0.1, -0.05) is 19.1 Å². The number of nitrogens with one attached hydrogen (secondary N) is 1. The Kier molecular flexibility index (Phi) is 5.20. The Hall–Kier alpha value is -2.04. The Labute approximate surface area is 125 Å². The first-order chi connectivity index (χ1) is 10.2. The number of rotatable bonds is 7. The number of urea groups is 1. The highest BCUT2D eigenvalue weighted by atomic mass is 16.5. The number of carbonyl (C=O) groups excluding carboxylic acids is 2. The molecule has 1 aromatic carbocycles. The van der Waals surface area contributed by atoms with Crippen LogP contribution >= 0.6 is 0 Å². The molecule has 1 fully saturated rings. The SMILES string of the molecule is CCCN1C(=O)NC(CCCc2ccc(OC)cc2)C1=O. The summed E-state index contributed by atoms with van der Waals surface area (Å²) in [7, 11) is 1.64. The van der Waals surface area contributed by atoms with Crippen molar-refractivity contribution in [2.24, 2.45) is 0 Å². The van der Waals surface area contributed by atoms with Gasteiger partial charge in [-0.3, -0.25) is 9.69 Å². The summed E-state index contributed by atoms with van der Waals surface area (Å²) < 4.78 is 5.12. The highest BCUT2D eigenvalue weighted by Gasteiger charge is 2.36. The molecule has 5 heteroatoms. The quantitative estimate of drug-likeness (QED) is 0.784. The summed E-state index contributed by atoms with van der Waals surface area (Å²) in [6.07, 6.45) is 3.22. The van der Waals surface area contributed by atoms with Crippen LogP contribution < -0.4 is 10.1 Å². The largest absolute Gasteiger partial charge is 0.497 e. The molecule has 1 unspecified atom stereocenters. The molecule has 2 rings (SSSR count). The summed E-state index contributed by atoms with van der Waals surface area (Å²) in [5.74, 6) is 0.753. The fourth-order valence-electron chi connectivity index (χ4n) is 2.51. The lowest BCUT2D eigenvalue weighted by atomic mass is 10.0. The fraction of sp³-hybridized carbons (Fsp3) is 0.500. The summed E-state index contributed by atoms with van der Waals surface area (Å²) in [4.78, 5) is 25.0. The maximum atomic E-state index is 12.1. The number of amides is 3. The van der Waals surface area contributed by atoms with Crippen molar-refractivity contribution in [2.75, 3.05) is 13.7 Å². The summed E-state index contributed by atoms with van der Waals surface area (Å²) >= 11 is 0. The molecule has 0 bridgehead atoms. The van der Waals surface area contributed by atoms with Crippen molar-refractivity contribution in [3.8, 4) is 5.75 Å². The molecule has 0 aromatic heterocycles. The second-order valence-electron chi connectivity index (χ2n) is 5.23. The van der Waals surface area contributed by atoms with Gasteiger partial charge < -0.3 is 10.1 Å². The zero-order valence-corrected chi connectivity index (χ0v) is 12.6. The first kappa shape index (κ1) is 15.4. The molecular formula is C16H22N2O3. The summed E-state index contributed by atoms with van der Waals surface area (Å²) in [6, 6.07) is 7.30. The average Bonchev–Trinajstić information content (AvgIpc) is 2.76. The zero-order valence-electron chi connectivity index (χ0n) is 12.6. The molecule has 114 valence electrons. The predicted molar refractivity (Wildman–Crippen MR) is 80.3 cm³/mol. The molecule has 0 radical (unpaired) electrons. The average molecular weight is 290 g/mol. The number of imide groups is 1. The molecule has 1 heterocycles. The molecule has 1 N–H and O–H groups in total. The van der Waals surface area contributed by atoms with Gasteiger partial charge >= 0.3 is 6.03 Å². The number of nitrogens with zero attached hydrogens (tertiary/aromatic N) is 1. The smallest absolute Gasteiger partial charge is 0.324 e. The normalized spacial score (nSPS) is 18.0. The molecule has 0 saturated carbocycles. The first-order valence-electron chi connectivity index (χ1n) is 7.40. The second kappa shape index (κ2) is 7.11. The van der Waals surface area contributed by atoms with Crippen LogP contribution in [0.4, 0.5) is 4.79 Å². The third-order valence-electron chi connectivity index (χ3n) is 3.67. The lowest BCUT2D eigenvalue weighted by molar-refractivity contribution is -0.127. The van der Waals surface area contributed by atoms with E-state index in [0.717, 1.165) is 25.0 Å². The minimum absolute atomic E-state index is 0.0865. The molecule has 0 spiro atoms. The molecule has 0 aliphatic carbocycles. The van der Waals surface area contributed by atoms with Crippen molar-refractivity contribution in [3.63, 3.8) is 0 Å². The number of benzene rings is 1. The van der Waals surface area contributed by atoms with Gasteiger partial charge in [-0.2, -0.15) is 0 Å². The van der Waals surface area contributed by atoms with Crippen LogP contribution in [0.15, 0.2) is 24.3 Å². The predicted octanol–water partition coefficient (Wildman–Crippen LogP) is 2.35. The van der Waals surface area contributed by atoms with E-state index >= 15 is 0 Å². The lowest BCUT2D eigenvalue weighted by Crippen LogP contribution is -2.32. The van der Waals surface area contributed by atoms with Crippen LogP contribution in [0, 0.1) is 0 Å². The Morgan fingerprint density at radius 2 is 1.95 bits per heavy atom. The van der Waals surface area contributed by atoms with Crippen molar-refractivity contribution in [1.29, 1.82) is 0 Å². The van der Waals surface area contributed by atoms with E-state index in [4.69, 9.17) is 4.74 Å².